The molecule has 0 unspecified atom stereocenters. The highest BCUT2D eigenvalue weighted by molar-refractivity contribution is 5.94. The molecule has 2 N–H and O–H groups in total. The normalized spacial score (nSPS) is 20.7. The molecule has 1 aromatic carbocycles. The van der Waals surface area contributed by atoms with E-state index in [1.165, 1.54) is 0 Å². The average Bonchev–Trinajstić information content (AvgIpc) is 3.10. The van der Waals surface area contributed by atoms with E-state index in [9.17, 15) is 9.18 Å². The Morgan fingerprint density at radius 3 is 2.70 bits per heavy atom. The van der Waals surface area contributed by atoms with Gasteiger partial charge in [0.05, 0.1) is 11.4 Å². The number of aryl methyl sites for hydroxylation is 2. The lowest BCUT2D eigenvalue weighted by Gasteiger charge is -2.11. The molecule has 1 aliphatic heterocycles. The summed E-state index contributed by atoms with van der Waals surface area (Å²) >= 11 is 0. The van der Waals surface area contributed by atoms with Crippen LogP contribution in [-0.4, -0.2) is 41.0 Å². The van der Waals surface area contributed by atoms with Crippen LogP contribution >= 0.6 is 0 Å². The van der Waals surface area contributed by atoms with E-state index in [1.54, 1.807) is 12.1 Å². The molecule has 0 aliphatic carbocycles. The van der Waals surface area contributed by atoms with Crippen LogP contribution in [0.4, 0.5) is 4.39 Å². The van der Waals surface area contributed by atoms with Gasteiger partial charge in [0.15, 0.2) is 0 Å². The molecular formula is C17H21FN4O. The van der Waals surface area contributed by atoms with Crippen LogP contribution in [0.5, 0.6) is 0 Å². The number of hydrogen-bond acceptors (Lipinski definition) is 3. The minimum absolute atomic E-state index is 0.0166. The highest BCUT2D eigenvalue weighted by Crippen LogP contribution is 2.13. The summed E-state index contributed by atoms with van der Waals surface area (Å²) < 4.78 is 14.9. The number of carbonyl (C=O) groups excluding carboxylic acids is 1. The fourth-order valence-electron chi connectivity index (χ4n) is 2.89. The summed E-state index contributed by atoms with van der Waals surface area (Å²) in [5.41, 5.74) is 3.52. The number of hydrogen-bond donors (Lipinski definition) is 2. The highest BCUT2D eigenvalue weighted by Gasteiger charge is 2.23. The third-order valence-electron chi connectivity index (χ3n) is 4.06. The summed E-state index contributed by atoms with van der Waals surface area (Å²) in [5, 5.41) is 10.3. The van der Waals surface area contributed by atoms with Crippen molar-refractivity contribution in [3.63, 3.8) is 0 Å². The topological polar surface area (TPSA) is 59.0 Å². The molecule has 122 valence electrons. The Morgan fingerprint density at radius 2 is 2.13 bits per heavy atom. The van der Waals surface area contributed by atoms with Crippen LogP contribution in [0.1, 0.15) is 28.2 Å². The van der Waals surface area contributed by atoms with E-state index < -0.39 is 6.17 Å². The summed E-state index contributed by atoms with van der Waals surface area (Å²) in [6.07, 6.45) is -0.353. The van der Waals surface area contributed by atoms with Crippen LogP contribution in [-0.2, 0) is 0 Å². The number of nitrogens with zero attached hydrogens (tertiary/aromatic N) is 2. The monoisotopic (exact) mass is 316 g/mol. The van der Waals surface area contributed by atoms with Crippen molar-refractivity contribution in [2.24, 2.45) is 0 Å². The maximum atomic E-state index is 13.1. The second-order valence-corrected chi connectivity index (χ2v) is 6.03. The van der Waals surface area contributed by atoms with Gasteiger partial charge in [0, 0.05) is 30.4 Å². The third kappa shape index (κ3) is 3.59. The van der Waals surface area contributed by atoms with Gasteiger partial charge >= 0.3 is 0 Å². The van der Waals surface area contributed by atoms with E-state index >= 15 is 0 Å². The summed E-state index contributed by atoms with van der Waals surface area (Å²) in [7, 11) is 0. The minimum Gasteiger partial charge on any atom is -0.350 e. The number of alkyl halides is 1. The van der Waals surface area contributed by atoms with Crippen LogP contribution in [0.2, 0.25) is 0 Å². The van der Waals surface area contributed by atoms with Crippen molar-refractivity contribution in [3.8, 4) is 5.69 Å². The number of nitrogens with one attached hydrogen (secondary N) is 2. The van der Waals surface area contributed by atoms with Crippen molar-refractivity contribution in [3.05, 3.63) is 47.3 Å². The SMILES string of the molecule is Cc1cc(C)n(-c2ccc(C(=O)NC[C@@H]3C[C@H](F)CN3)cc2)n1. The molecule has 0 bridgehead atoms. The summed E-state index contributed by atoms with van der Waals surface area (Å²) in [5.74, 6) is -0.144. The molecule has 0 saturated carbocycles. The van der Waals surface area contributed by atoms with E-state index in [1.807, 2.05) is 36.7 Å². The molecule has 0 spiro atoms. The van der Waals surface area contributed by atoms with Crippen molar-refractivity contribution in [2.75, 3.05) is 13.1 Å². The van der Waals surface area contributed by atoms with Crippen molar-refractivity contribution in [1.29, 1.82) is 0 Å². The standard InChI is InChI=1S/C17H21FN4O/c1-11-7-12(2)22(21-11)16-5-3-13(4-6-16)17(23)20-10-15-8-14(18)9-19-15/h3-7,14-15,19H,8-10H2,1-2H3,(H,20,23)/t14-,15-/m0/s1. The first kappa shape index (κ1) is 15.7. The number of carbonyl (C=O) groups is 1. The Balaban J connectivity index is 1.62. The van der Waals surface area contributed by atoms with Crippen LogP contribution in [0, 0.1) is 13.8 Å². The Kier molecular flexibility index (Phi) is 4.43. The quantitative estimate of drug-likeness (QED) is 0.906. The van der Waals surface area contributed by atoms with Crippen LogP contribution in [0.25, 0.3) is 5.69 Å². The smallest absolute Gasteiger partial charge is 0.251 e. The van der Waals surface area contributed by atoms with E-state index in [0.717, 1.165) is 17.1 Å². The first-order valence-electron chi connectivity index (χ1n) is 7.82. The highest BCUT2D eigenvalue weighted by atomic mass is 19.1. The van der Waals surface area contributed by atoms with E-state index in [4.69, 9.17) is 0 Å². The van der Waals surface area contributed by atoms with Gasteiger partial charge in [-0.1, -0.05) is 0 Å². The van der Waals surface area contributed by atoms with Crippen LogP contribution in [0.15, 0.2) is 30.3 Å². The van der Waals surface area contributed by atoms with E-state index in [-0.39, 0.29) is 11.9 Å². The van der Waals surface area contributed by atoms with Crippen molar-refractivity contribution in [2.45, 2.75) is 32.5 Å². The Hall–Kier alpha value is -2.21. The van der Waals surface area contributed by atoms with Gasteiger partial charge in [-0.25, -0.2) is 9.07 Å². The molecule has 3 rings (SSSR count). The van der Waals surface area contributed by atoms with Crippen molar-refractivity contribution >= 4 is 5.91 Å². The zero-order valence-corrected chi connectivity index (χ0v) is 13.3. The number of rotatable bonds is 4. The number of amides is 1. The molecule has 1 aliphatic rings. The van der Waals surface area contributed by atoms with Gasteiger partial charge in [0.1, 0.15) is 6.17 Å². The molecule has 0 radical (unpaired) electrons. The molecule has 1 saturated heterocycles. The second kappa shape index (κ2) is 6.50. The lowest BCUT2D eigenvalue weighted by atomic mass is 10.1. The van der Waals surface area contributed by atoms with Gasteiger partial charge in [-0.2, -0.15) is 5.10 Å². The largest absolute Gasteiger partial charge is 0.350 e. The Morgan fingerprint density at radius 1 is 1.39 bits per heavy atom. The van der Waals surface area contributed by atoms with Crippen LogP contribution in [0.3, 0.4) is 0 Å². The number of benzene rings is 1. The fraction of sp³-hybridized carbons (Fsp3) is 0.412. The molecule has 1 aromatic heterocycles. The zero-order valence-electron chi connectivity index (χ0n) is 13.3. The second-order valence-electron chi connectivity index (χ2n) is 6.03. The first-order chi connectivity index (χ1) is 11.0. The van der Waals surface area contributed by atoms with Gasteiger partial charge in [-0.3, -0.25) is 4.79 Å². The molecule has 2 atom stereocenters. The summed E-state index contributed by atoms with van der Waals surface area (Å²) in [4.78, 5) is 12.1. The Labute approximate surface area is 134 Å². The lowest BCUT2D eigenvalue weighted by Crippen LogP contribution is -2.37. The van der Waals surface area contributed by atoms with Gasteiger partial charge in [0.25, 0.3) is 5.91 Å². The molecular weight excluding hydrogens is 295 g/mol. The predicted octanol–water partition coefficient (Wildman–Crippen LogP) is 1.92. The molecule has 5 nitrogen and oxygen atoms in total. The molecule has 6 heteroatoms. The average molecular weight is 316 g/mol. The third-order valence-corrected chi connectivity index (χ3v) is 4.06. The van der Waals surface area contributed by atoms with Gasteiger partial charge in [-0.05, 0) is 50.6 Å². The lowest BCUT2D eigenvalue weighted by molar-refractivity contribution is 0.0950. The van der Waals surface area contributed by atoms with E-state index in [2.05, 4.69) is 15.7 Å². The first-order valence-corrected chi connectivity index (χ1v) is 7.82. The molecule has 2 heterocycles. The summed E-state index contributed by atoms with van der Waals surface area (Å²) in [6.45, 7) is 4.76. The van der Waals surface area contributed by atoms with Crippen molar-refractivity contribution in [1.82, 2.24) is 20.4 Å². The predicted molar refractivity (Wildman–Crippen MR) is 86.7 cm³/mol. The maximum absolute atomic E-state index is 13.1. The maximum Gasteiger partial charge on any atom is 0.251 e. The summed E-state index contributed by atoms with van der Waals surface area (Å²) in [6, 6.07) is 9.33. The van der Waals surface area contributed by atoms with Gasteiger partial charge < -0.3 is 10.6 Å². The number of halogens is 1. The molecule has 23 heavy (non-hydrogen) atoms. The molecule has 1 fully saturated rings. The fourth-order valence-corrected chi connectivity index (χ4v) is 2.89. The number of aromatic nitrogens is 2. The Bertz CT molecular complexity index is 695. The van der Waals surface area contributed by atoms with Gasteiger partial charge in [0.2, 0.25) is 0 Å². The van der Waals surface area contributed by atoms with Crippen molar-refractivity contribution < 1.29 is 9.18 Å². The molecule has 1 amide bonds. The van der Waals surface area contributed by atoms with E-state index in [0.29, 0.717) is 25.1 Å². The minimum atomic E-state index is -0.808. The van der Waals surface area contributed by atoms with Gasteiger partial charge in [-0.15, -0.1) is 0 Å². The molecule has 2 aromatic rings. The van der Waals surface area contributed by atoms with Crippen LogP contribution < -0.4 is 10.6 Å². The zero-order chi connectivity index (χ0) is 16.4.